The Morgan fingerprint density at radius 1 is 1.50 bits per heavy atom. The van der Waals surface area contributed by atoms with Crippen molar-refractivity contribution in [3.05, 3.63) is 27.6 Å². The van der Waals surface area contributed by atoms with Gasteiger partial charge in [0.25, 0.3) is 0 Å². The van der Waals surface area contributed by atoms with Crippen LogP contribution in [0.5, 0.6) is 0 Å². The Bertz CT molecular complexity index is 468. The number of rotatable bonds is 4. The zero-order valence-corrected chi connectivity index (χ0v) is 11.8. The van der Waals surface area contributed by atoms with Crippen molar-refractivity contribution in [2.24, 2.45) is 0 Å². The number of anilines is 1. The van der Waals surface area contributed by atoms with Gasteiger partial charge in [0.15, 0.2) is 0 Å². The first kappa shape index (κ1) is 14.7. The van der Waals surface area contributed by atoms with Gasteiger partial charge in [-0.25, -0.2) is 9.18 Å². The van der Waals surface area contributed by atoms with E-state index in [9.17, 15) is 14.0 Å². The van der Waals surface area contributed by atoms with Crippen LogP contribution in [0.25, 0.3) is 0 Å². The molecule has 0 fully saturated rings. The topological polar surface area (TPSA) is 69.6 Å². The average Bonchev–Trinajstić information content (AvgIpc) is 2.31. The first-order valence-electron chi connectivity index (χ1n) is 5.17. The van der Waals surface area contributed by atoms with Crippen LogP contribution in [0.3, 0.4) is 0 Å². The lowest BCUT2D eigenvalue weighted by Gasteiger charge is -2.19. The van der Waals surface area contributed by atoms with E-state index >= 15 is 0 Å². The molecule has 1 rings (SSSR count). The maximum atomic E-state index is 13.3. The number of nitrogens with zero attached hydrogens (tertiary/aromatic N) is 1. The van der Waals surface area contributed by atoms with Gasteiger partial charge in [0.2, 0.25) is 0 Å². The summed E-state index contributed by atoms with van der Waals surface area (Å²) in [5, 5.41) is 11.1. The van der Waals surface area contributed by atoms with Crippen molar-refractivity contribution in [2.45, 2.75) is 6.92 Å². The number of benzene rings is 1. The van der Waals surface area contributed by atoms with Crippen molar-refractivity contribution in [3.8, 4) is 0 Å². The predicted molar refractivity (Wildman–Crippen MR) is 73.0 cm³/mol. The molecule has 1 aromatic carbocycles. The fraction of sp³-hybridized carbons (Fsp3) is 0.273. The maximum absolute atomic E-state index is 13.3. The van der Waals surface area contributed by atoms with E-state index in [2.05, 4.69) is 5.32 Å². The summed E-state index contributed by atoms with van der Waals surface area (Å²) in [5.74, 6) is -1.53. The fourth-order valence-corrected chi connectivity index (χ4v) is 1.78. The summed E-state index contributed by atoms with van der Waals surface area (Å²) in [4.78, 5) is 23.4. The summed E-state index contributed by atoms with van der Waals surface area (Å²) in [5.41, 5.74) is 0.324. The largest absolute Gasteiger partial charge is 0.480 e. The van der Waals surface area contributed by atoms with Gasteiger partial charge in [-0.3, -0.25) is 4.79 Å². The van der Waals surface area contributed by atoms with Crippen molar-refractivity contribution in [3.63, 3.8) is 0 Å². The van der Waals surface area contributed by atoms with Gasteiger partial charge in [-0.1, -0.05) is 6.07 Å². The molecule has 0 unspecified atom stereocenters. The molecule has 0 radical (unpaired) electrons. The highest BCUT2D eigenvalue weighted by molar-refractivity contribution is 14.1. The number of likely N-dealkylation sites (N-methyl/N-ethyl adjacent to an activating group) is 1. The Hall–Kier alpha value is -1.38. The number of urea groups is 1. The third-order valence-electron chi connectivity index (χ3n) is 2.19. The molecule has 0 aliphatic heterocycles. The van der Waals surface area contributed by atoms with Crippen LogP contribution >= 0.6 is 22.6 Å². The molecule has 0 spiro atoms. The minimum atomic E-state index is -1.10. The second kappa shape index (κ2) is 6.53. The molecule has 2 N–H and O–H groups in total. The summed E-state index contributed by atoms with van der Waals surface area (Å²) >= 11 is 1.77. The normalized spacial score (nSPS) is 9.94. The molecule has 0 aliphatic carbocycles. The lowest BCUT2D eigenvalue weighted by molar-refractivity contribution is -0.137. The van der Waals surface area contributed by atoms with Crippen LogP contribution in [0.2, 0.25) is 0 Å². The van der Waals surface area contributed by atoms with Crippen molar-refractivity contribution >= 4 is 40.3 Å². The van der Waals surface area contributed by atoms with Crippen LogP contribution in [0.1, 0.15) is 6.92 Å². The van der Waals surface area contributed by atoms with Crippen LogP contribution in [0.15, 0.2) is 18.2 Å². The molecule has 18 heavy (non-hydrogen) atoms. The molecular formula is C11H12FIN2O3. The van der Waals surface area contributed by atoms with Gasteiger partial charge < -0.3 is 15.3 Å². The Morgan fingerprint density at radius 2 is 2.17 bits per heavy atom. The molecule has 0 saturated carbocycles. The summed E-state index contributed by atoms with van der Waals surface area (Å²) in [6.07, 6.45) is 0. The highest BCUT2D eigenvalue weighted by atomic mass is 127. The molecule has 0 saturated heterocycles. The first-order chi connectivity index (χ1) is 8.45. The van der Waals surface area contributed by atoms with Crippen LogP contribution in [0, 0.1) is 9.39 Å². The smallest absolute Gasteiger partial charge is 0.323 e. The summed E-state index contributed by atoms with van der Waals surface area (Å²) in [6, 6.07) is 3.74. The molecular weight excluding hydrogens is 354 g/mol. The molecule has 2 amide bonds. The quantitative estimate of drug-likeness (QED) is 0.804. The molecule has 7 heteroatoms. The highest BCUT2D eigenvalue weighted by Crippen LogP contribution is 2.21. The predicted octanol–water partition coefficient (Wildman–Crippen LogP) is 2.37. The molecule has 1 aromatic rings. The number of hydrogen-bond donors (Lipinski definition) is 2. The van der Waals surface area contributed by atoms with Gasteiger partial charge in [0, 0.05) is 6.54 Å². The van der Waals surface area contributed by atoms with E-state index in [4.69, 9.17) is 5.11 Å². The van der Waals surface area contributed by atoms with Crippen LogP contribution < -0.4 is 5.32 Å². The zero-order chi connectivity index (χ0) is 13.7. The standard InChI is InChI=1S/C11H12FIN2O3/c1-2-15(6-9(16)17)11(18)14-8-5-3-4-7(12)10(8)13/h3-5H,2,6H2,1H3,(H,14,18)(H,16,17). The first-order valence-corrected chi connectivity index (χ1v) is 6.25. The Morgan fingerprint density at radius 3 is 2.72 bits per heavy atom. The van der Waals surface area contributed by atoms with Crippen LogP contribution in [0.4, 0.5) is 14.9 Å². The molecule has 98 valence electrons. The van der Waals surface area contributed by atoms with Gasteiger partial charge in [0.1, 0.15) is 12.4 Å². The fourth-order valence-electron chi connectivity index (χ4n) is 1.29. The second-order valence-electron chi connectivity index (χ2n) is 3.44. The van der Waals surface area contributed by atoms with E-state index in [0.29, 0.717) is 5.69 Å². The van der Waals surface area contributed by atoms with E-state index in [1.807, 2.05) is 0 Å². The summed E-state index contributed by atoms with van der Waals surface area (Å²) < 4.78 is 13.5. The van der Waals surface area contributed by atoms with Gasteiger partial charge in [-0.05, 0) is 41.6 Å². The number of nitrogens with one attached hydrogen (secondary N) is 1. The minimum absolute atomic E-state index is 0.254. The maximum Gasteiger partial charge on any atom is 0.323 e. The van der Waals surface area contributed by atoms with Crippen LogP contribution in [-0.2, 0) is 4.79 Å². The number of carbonyl (C=O) groups is 2. The Balaban J connectivity index is 2.80. The number of hydrogen-bond acceptors (Lipinski definition) is 2. The van der Waals surface area contributed by atoms with E-state index in [1.165, 1.54) is 12.1 Å². The van der Waals surface area contributed by atoms with Gasteiger partial charge >= 0.3 is 12.0 Å². The van der Waals surface area contributed by atoms with Crippen molar-refractivity contribution < 1.29 is 19.1 Å². The van der Waals surface area contributed by atoms with Gasteiger partial charge in [0.05, 0.1) is 9.26 Å². The van der Waals surface area contributed by atoms with E-state index in [1.54, 1.807) is 35.6 Å². The molecule has 0 heterocycles. The molecule has 0 aliphatic rings. The number of aliphatic carboxylic acids is 1. The van der Waals surface area contributed by atoms with E-state index in [-0.39, 0.29) is 10.1 Å². The van der Waals surface area contributed by atoms with Gasteiger partial charge in [-0.15, -0.1) is 0 Å². The summed E-state index contributed by atoms with van der Waals surface area (Å²) in [7, 11) is 0. The third-order valence-corrected chi connectivity index (χ3v) is 3.28. The van der Waals surface area contributed by atoms with Crippen molar-refractivity contribution in [1.29, 1.82) is 0 Å². The zero-order valence-electron chi connectivity index (χ0n) is 9.61. The minimum Gasteiger partial charge on any atom is -0.480 e. The number of carboxylic acids is 1. The van der Waals surface area contributed by atoms with Crippen molar-refractivity contribution in [1.82, 2.24) is 4.90 Å². The van der Waals surface area contributed by atoms with Gasteiger partial charge in [-0.2, -0.15) is 0 Å². The number of amides is 2. The molecule has 0 atom stereocenters. The monoisotopic (exact) mass is 366 g/mol. The molecule has 0 bridgehead atoms. The van der Waals surface area contributed by atoms with E-state index in [0.717, 1.165) is 4.90 Å². The Kier molecular flexibility index (Phi) is 5.32. The SMILES string of the molecule is CCN(CC(=O)O)C(=O)Nc1cccc(F)c1I. The van der Waals surface area contributed by atoms with E-state index < -0.39 is 24.4 Å². The lowest BCUT2D eigenvalue weighted by atomic mass is 10.3. The average molecular weight is 366 g/mol. The second-order valence-corrected chi connectivity index (χ2v) is 4.52. The number of halogens is 2. The van der Waals surface area contributed by atoms with Crippen molar-refractivity contribution in [2.75, 3.05) is 18.4 Å². The number of carbonyl (C=O) groups excluding carboxylic acids is 1. The number of carboxylic acid groups (broad SMARTS) is 1. The molecule has 5 nitrogen and oxygen atoms in total. The third kappa shape index (κ3) is 3.83. The lowest BCUT2D eigenvalue weighted by Crippen LogP contribution is -2.38. The molecule has 0 aromatic heterocycles. The summed E-state index contributed by atoms with van der Waals surface area (Å²) in [6.45, 7) is 1.53. The van der Waals surface area contributed by atoms with Crippen LogP contribution in [-0.4, -0.2) is 35.1 Å². The highest BCUT2D eigenvalue weighted by Gasteiger charge is 2.16. The Labute approximate surface area is 117 Å².